The second-order valence-electron chi connectivity index (χ2n) is 2.20. The fourth-order valence-corrected chi connectivity index (χ4v) is 0.650. The van der Waals surface area contributed by atoms with Crippen LogP contribution in [-0.2, 0) is 0 Å². The monoisotopic (exact) mass is 144 g/mol. The van der Waals surface area contributed by atoms with Crippen molar-refractivity contribution in [2.75, 3.05) is 0 Å². The normalized spacial score (nSPS) is 9.00. The van der Waals surface area contributed by atoms with E-state index < -0.39 is 14.2 Å². The predicted octanol–water partition coefficient (Wildman–Crippen LogP) is -1.65. The average Bonchev–Trinajstić information content (AvgIpc) is 1.59. The van der Waals surface area contributed by atoms with Crippen molar-refractivity contribution < 1.29 is 20.1 Å². The van der Waals surface area contributed by atoms with Crippen LogP contribution >= 0.6 is 0 Å². The molecule has 0 bridgehead atoms. The molecule has 0 aromatic heterocycles. The number of allylic oxidation sites excluding steroid dienone is 1. The molecule has 0 aromatic rings. The first-order valence-electron chi connectivity index (χ1n) is 2.86. The highest BCUT2D eigenvalue weighted by molar-refractivity contribution is 6.75. The van der Waals surface area contributed by atoms with Gasteiger partial charge < -0.3 is 20.1 Å². The van der Waals surface area contributed by atoms with Gasteiger partial charge in [-0.25, -0.2) is 0 Å². The minimum Gasteiger partial charge on any atom is -0.424 e. The van der Waals surface area contributed by atoms with Gasteiger partial charge in [-0.15, -0.1) is 0 Å². The summed E-state index contributed by atoms with van der Waals surface area (Å²) >= 11 is 0. The Bertz CT molecular complexity index is 128. The third kappa shape index (κ3) is 2.53. The Balaban J connectivity index is 4.44. The Morgan fingerprint density at radius 3 is 1.20 bits per heavy atom. The third-order valence-corrected chi connectivity index (χ3v) is 1.13. The number of rotatable bonds is 2. The van der Waals surface area contributed by atoms with E-state index in [1.807, 2.05) is 0 Å². The van der Waals surface area contributed by atoms with E-state index in [0.29, 0.717) is 5.57 Å². The van der Waals surface area contributed by atoms with Gasteiger partial charge in [0.2, 0.25) is 0 Å². The summed E-state index contributed by atoms with van der Waals surface area (Å²) in [4.78, 5) is 0. The molecule has 0 rings (SSSR count). The molecule has 10 heavy (non-hydrogen) atoms. The van der Waals surface area contributed by atoms with Crippen LogP contribution in [0, 0.1) is 0 Å². The van der Waals surface area contributed by atoms with E-state index in [9.17, 15) is 0 Å². The molecule has 0 radical (unpaired) electrons. The zero-order valence-electron chi connectivity index (χ0n) is 5.94. The highest BCUT2D eigenvalue weighted by atomic mass is 16.4. The summed E-state index contributed by atoms with van der Waals surface area (Å²) < 4.78 is 0. The zero-order valence-corrected chi connectivity index (χ0v) is 5.94. The van der Waals surface area contributed by atoms with Crippen LogP contribution < -0.4 is 0 Å². The first kappa shape index (κ1) is 9.71. The van der Waals surface area contributed by atoms with Crippen molar-refractivity contribution in [2.45, 2.75) is 13.8 Å². The van der Waals surface area contributed by atoms with Crippen molar-refractivity contribution >= 4 is 14.2 Å². The van der Waals surface area contributed by atoms with Crippen molar-refractivity contribution in [3.8, 4) is 0 Å². The standard InChI is InChI=1S/C4H10B2O4/c1-3(2)4(5(7)8)6(9)10/h7-10H,1-2H3. The lowest BCUT2D eigenvalue weighted by molar-refractivity contribution is 0.398. The van der Waals surface area contributed by atoms with Crippen LogP contribution in [0.2, 0.25) is 0 Å². The SMILES string of the molecule is CC(C)=C(B(O)O)B(O)O. The summed E-state index contributed by atoms with van der Waals surface area (Å²) in [6.07, 6.45) is 0. The molecule has 0 saturated heterocycles. The molecule has 0 fully saturated rings. The van der Waals surface area contributed by atoms with Crippen molar-refractivity contribution in [3.05, 3.63) is 10.9 Å². The second-order valence-corrected chi connectivity index (χ2v) is 2.20. The topological polar surface area (TPSA) is 80.9 Å². The Labute approximate surface area is 60.1 Å². The van der Waals surface area contributed by atoms with Gasteiger partial charge in [0, 0.05) is 0 Å². The van der Waals surface area contributed by atoms with Crippen LogP contribution in [0.1, 0.15) is 13.8 Å². The van der Waals surface area contributed by atoms with Gasteiger partial charge in [-0.1, -0.05) is 5.57 Å². The van der Waals surface area contributed by atoms with Crippen molar-refractivity contribution in [2.24, 2.45) is 0 Å². The molecule has 0 unspecified atom stereocenters. The largest absolute Gasteiger partial charge is 0.480 e. The van der Waals surface area contributed by atoms with Crippen LogP contribution in [0.25, 0.3) is 0 Å². The molecule has 6 heteroatoms. The number of hydrogen-bond donors (Lipinski definition) is 4. The van der Waals surface area contributed by atoms with Crippen LogP contribution in [0.4, 0.5) is 0 Å². The smallest absolute Gasteiger partial charge is 0.424 e. The Morgan fingerprint density at radius 1 is 0.900 bits per heavy atom. The molecule has 0 amide bonds. The maximum absolute atomic E-state index is 8.53. The molecule has 0 aliphatic carbocycles. The molecule has 0 aliphatic heterocycles. The van der Waals surface area contributed by atoms with E-state index in [1.54, 1.807) is 13.8 Å². The summed E-state index contributed by atoms with van der Waals surface area (Å²) in [5, 5.41) is 34.0. The van der Waals surface area contributed by atoms with E-state index in [-0.39, 0.29) is 5.37 Å². The fourth-order valence-electron chi connectivity index (χ4n) is 0.650. The van der Waals surface area contributed by atoms with Crippen molar-refractivity contribution in [1.29, 1.82) is 0 Å². The maximum Gasteiger partial charge on any atom is 0.480 e. The van der Waals surface area contributed by atoms with E-state index in [0.717, 1.165) is 0 Å². The minimum absolute atomic E-state index is 0.167. The molecule has 0 spiro atoms. The summed E-state index contributed by atoms with van der Waals surface area (Å²) in [6, 6.07) is 0. The Morgan fingerprint density at radius 2 is 1.20 bits per heavy atom. The van der Waals surface area contributed by atoms with Crippen molar-refractivity contribution in [1.82, 2.24) is 0 Å². The van der Waals surface area contributed by atoms with Crippen LogP contribution in [0.5, 0.6) is 0 Å². The van der Waals surface area contributed by atoms with Gasteiger partial charge in [0.1, 0.15) is 0 Å². The molecule has 4 N–H and O–H groups in total. The summed E-state index contributed by atoms with van der Waals surface area (Å²) in [5.41, 5.74) is 0.491. The third-order valence-electron chi connectivity index (χ3n) is 1.13. The van der Waals surface area contributed by atoms with Gasteiger partial charge in [-0.3, -0.25) is 0 Å². The molecule has 0 heterocycles. The van der Waals surface area contributed by atoms with Gasteiger partial charge in [0.25, 0.3) is 0 Å². The summed E-state index contributed by atoms with van der Waals surface area (Å²) in [6.45, 7) is 3.13. The Kier molecular flexibility index (Phi) is 3.67. The van der Waals surface area contributed by atoms with E-state index >= 15 is 0 Å². The highest BCUT2D eigenvalue weighted by Crippen LogP contribution is 2.04. The lowest BCUT2D eigenvalue weighted by Gasteiger charge is -2.05. The van der Waals surface area contributed by atoms with Gasteiger partial charge in [-0.2, -0.15) is 0 Å². The minimum atomic E-state index is -1.79. The van der Waals surface area contributed by atoms with Gasteiger partial charge in [-0.05, 0) is 19.2 Å². The molecule has 4 nitrogen and oxygen atoms in total. The first-order chi connectivity index (χ1) is 4.46. The maximum atomic E-state index is 8.53. The van der Waals surface area contributed by atoms with E-state index in [2.05, 4.69) is 0 Å². The second kappa shape index (κ2) is 3.78. The van der Waals surface area contributed by atoms with Gasteiger partial charge in [0.05, 0.1) is 0 Å². The van der Waals surface area contributed by atoms with Crippen LogP contribution in [0.15, 0.2) is 10.9 Å². The van der Waals surface area contributed by atoms with Gasteiger partial charge >= 0.3 is 14.2 Å². The zero-order chi connectivity index (χ0) is 8.31. The molecular formula is C4H10B2O4. The Hall–Kier alpha value is -0.290. The molecule has 0 aromatic carbocycles. The van der Waals surface area contributed by atoms with Crippen LogP contribution in [-0.4, -0.2) is 34.3 Å². The molecule has 0 atom stereocenters. The lowest BCUT2D eigenvalue weighted by atomic mass is 9.57. The van der Waals surface area contributed by atoms with Crippen molar-refractivity contribution in [3.63, 3.8) is 0 Å². The van der Waals surface area contributed by atoms with Crippen LogP contribution in [0.3, 0.4) is 0 Å². The predicted molar refractivity (Wildman–Crippen MR) is 38.8 cm³/mol. The molecular weight excluding hydrogens is 134 g/mol. The average molecular weight is 144 g/mol. The quantitative estimate of drug-likeness (QED) is 0.349. The summed E-state index contributed by atoms with van der Waals surface area (Å²) in [7, 11) is -3.57. The highest BCUT2D eigenvalue weighted by Gasteiger charge is 2.26. The molecule has 0 saturated carbocycles. The number of hydrogen-bond acceptors (Lipinski definition) is 4. The van der Waals surface area contributed by atoms with Gasteiger partial charge in [0.15, 0.2) is 0 Å². The summed E-state index contributed by atoms with van der Waals surface area (Å²) in [5.74, 6) is 0. The lowest BCUT2D eigenvalue weighted by Crippen LogP contribution is -2.30. The fraction of sp³-hybridized carbons (Fsp3) is 0.500. The first-order valence-corrected chi connectivity index (χ1v) is 2.86. The molecule has 0 aliphatic rings. The van der Waals surface area contributed by atoms with E-state index in [1.165, 1.54) is 0 Å². The molecule has 56 valence electrons. The van der Waals surface area contributed by atoms with E-state index in [4.69, 9.17) is 20.1 Å².